The summed E-state index contributed by atoms with van der Waals surface area (Å²) < 4.78 is 33.3. The van der Waals surface area contributed by atoms with Crippen LogP contribution >= 0.6 is 0 Å². The van der Waals surface area contributed by atoms with Crippen molar-refractivity contribution in [1.82, 2.24) is 19.9 Å². The number of nitrogens with zero attached hydrogens (tertiary/aromatic N) is 4. The van der Waals surface area contributed by atoms with Crippen molar-refractivity contribution < 1.29 is 18.0 Å². The SMILES string of the molecule is Cc1ccc(-c2ncccn2)c(C(=O)N2C[C@H](c3nc4ccc(F)c(F)c4o3)CC[C@H]2C)c1. The van der Waals surface area contributed by atoms with Crippen LogP contribution < -0.4 is 0 Å². The van der Waals surface area contributed by atoms with Gasteiger partial charge in [-0.25, -0.2) is 19.3 Å². The molecule has 0 saturated carbocycles. The fourth-order valence-electron chi connectivity index (χ4n) is 4.34. The van der Waals surface area contributed by atoms with Crippen LogP contribution in [0, 0.1) is 18.6 Å². The number of carbonyl (C=O) groups excluding carboxylic acids is 1. The number of amides is 1. The lowest BCUT2D eigenvalue weighted by atomic mass is 9.92. The second-order valence-electron chi connectivity index (χ2n) is 8.46. The number of halogens is 2. The Morgan fingerprint density at radius 3 is 2.70 bits per heavy atom. The zero-order valence-electron chi connectivity index (χ0n) is 18.3. The van der Waals surface area contributed by atoms with Gasteiger partial charge >= 0.3 is 0 Å². The van der Waals surface area contributed by atoms with E-state index in [9.17, 15) is 13.6 Å². The van der Waals surface area contributed by atoms with Crippen LogP contribution in [-0.2, 0) is 0 Å². The van der Waals surface area contributed by atoms with Crippen LogP contribution in [0.15, 0.2) is 53.2 Å². The number of carbonyl (C=O) groups is 1. The van der Waals surface area contributed by atoms with Gasteiger partial charge in [0.1, 0.15) is 5.52 Å². The molecule has 4 aromatic rings. The molecule has 6 nitrogen and oxygen atoms in total. The molecule has 5 rings (SSSR count). The Kier molecular flexibility index (Phi) is 5.36. The monoisotopic (exact) mass is 448 g/mol. The standard InChI is InChI=1S/C25H22F2N4O2/c1-14-4-7-17(23-28-10-3-11-29-23)18(12-14)25(32)31-13-16(6-5-15(31)2)24-30-20-9-8-19(26)21(27)22(20)33-24/h3-4,7-12,15-16H,5-6,13H2,1-2H3/t15-,16-/m1/s1. The highest BCUT2D eigenvalue weighted by Crippen LogP contribution is 2.34. The summed E-state index contributed by atoms with van der Waals surface area (Å²) in [5, 5.41) is 0. The molecular formula is C25H22F2N4O2. The molecule has 3 heterocycles. The first-order chi connectivity index (χ1) is 15.9. The van der Waals surface area contributed by atoms with Crippen molar-refractivity contribution >= 4 is 17.0 Å². The quantitative estimate of drug-likeness (QED) is 0.426. The average molecular weight is 448 g/mol. The first kappa shape index (κ1) is 21.2. The van der Waals surface area contributed by atoms with Gasteiger partial charge in [-0.05, 0) is 51.0 Å². The highest BCUT2D eigenvalue weighted by atomic mass is 19.2. The van der Waals surface area contributed by atoms with Gasteiger partial charge in [0.05, 0.1) is 11.5 Å². The summed E-state index contributed by atoms with van der Waals surface area (Å²) in [7, 11) is 0. The van der Waals surface area contributed by atoms with E-state index in [-0.39, 0.29) is 29.0 Å². The zero-order valence-corrected chi connectivity index (χ0v) is 18.3. The third kappa shape index (κ3) is 3.86. The maximum absolute atomic E-state index is 14.1. The van der Waals surface area contributed by atoms with E-state index >= 15 is 0 Å². The smallest absolute Gasteiger partial charge is 0.254 e. The molecule has 2 aromatic carbocycles. The minimum Gasteiger partial charge on any atom is -0.437 e. The third-order valence-electron chi connectivity index (χ3n) is 6.17. The number of piperidine rings is 1. The van der Waals surface area contributed by atoms with Gasteiger partial charge in [0, 0.05) is 30.5 Å². The number of rotatable bonds is 3. The molecule has 2 aromatic heterocycles. The lowest BCUT2D eigenvalue weighted by Gasteiger charge is -2.37. The van der Waals surface area contributed by atoms with E-state index in [1.54, 1.807) is 23.4 Å². The Morgan fingerprint density at radius 1 is 1.12 bits per heavy atom. The minimum absolute atomic E-state index is 0.00244. The third-order valence-corrected chi connectivity index (χ3v) is 6.17. The van der Waals surface area contributed by atoms with Crippen molar-refractivity contribution in [2.45, 2.75) is 38.6 Å². The van der Waals surface area contributed by atoms with E-state index in [4.69, 9.17) is 4.42 Å². The maximum Gasteiger partial charge on any atom is 0.254 e. The molecule has 33 heavy (non-hydrogen) atoms. The fraction of sp³-hybridized carbons (Fsp3) is 0.280. The molecule has 1 aliphatic heterocycles. The number of likely N-dealkylation sites (tertiary alicyclic amines) is 1. The summed E-state index contributed by atoms with van der Waals surface area (Å²) in [4.78, 5) is 28.5. The lowest BCUT2D eigenvalue weighted by molar-refractivity contribution is 0.0598. The highest BCUT2D eigenvalue weighted by molar-refractivity contribution is 6.00. The Bertz CT molecular complexity index is 1340. The fourth-order valence-corrected chi connectivity index (χ4v) is 4.34. The van der Waals surface area contributed by atoms with Gasteiger partial charge in [0.15, 0.2) is 17.2 Å². The van der Waals surface area contributed by atoms with Crippen molar-refractivity contribution in [3.05, 3.63) is 77.4 Å². The van der Waals surface area contributed by atoms with Crippen LogP contribution in [-0.4, -0.2) is 38.3 Å². The number of hydrogen-bond acceptors (Lipinski definition) is 5. The van der Waals surface area contributed by atoms with E-state index in [1.807, 2.05) is 32.0 Å². The van der Waals surface area contributed by atoms with Crippen LogP contribution in [0.5, 0.6) is 0 Å². The first-order valence-corrected chi connectivity index (χ1v) is 10.9. The second kappa shape index (κ2) is 8.35. The molecule has 1 aliphatic rings. The van der Waals surface area contributed by atoms with E-state index in [0.29, 0.717) is 29.4 Å². The number of oxazole rings is 1. The van der Waals surface area contributed by atoms with E-state index in [0.717, 1.165) is 24.5 Å². The van der Waals surface area contributed by atoms with Crippen molar-refractivity contribution in [2.24, 2.45) is 0 Å². The van der Waals surface area contributed by atoms with Gasteiger partial charge in [0.25, 0.3) is 5.91 Å². The van der Waals surface area contributed by atoms with Crippen molar-refractivity contribution in [3.63, 3.8) is 0 Å². The molecule has 0 aliphatic carbocycles. The summed E-state index contributed by atoms with van der Waals surface area (Å²) in [6, 6.07) is 9.80. The minimum atomic E-state index is -1.05. The summed E-state index contributed by atoms with van der Waals surface area (Å²) in [6.45, 7) is 4.30. The molecule has 8 heteroatoms. The molecule has 0 N–H and O–H groups in total. The van der Waals surface area contributed by atoms with Crippen LogP contribution in [0.1, 0.15) is 47.5 Å². The number of fused-ring (bicyclic) bond motifs is 1. The Morgan fingerprint density at radius 2 is 1.91 bits per heavy atom. The van der Waals surface area contributed by atoms with E-state index < -0.39 is 11.6 Å². The topological polar surface area (TPSA) is 72.1 Å². The molecule has 1 fully saturated rings. The molecule has 2 atom stereocenters. The summed E-state index contributed by atoms with van der Waals surface area (Å²) >= 11 is 0. The highest BCUT2D eigenvalue weighted by Gasteiger charge is 2.34. The van der Waals surface area contributed by atoms with Crippen molar-refractivity contribution in [1.29, 1.82) is 0 Å². The number of benzene rings is 2. The molecule has 168 valence electrons. The second-order valence-corrected chi connectivity index (χ2v) is 8.46. The predicted octanol–water partition coefficient (Wildman–Crippen LogP) is 5.28. The van der Waals surface area contributed by atoms with Gasteiger partial charge in [-0.1, -0.05) is 17.7 Å². The van der Waals surface area contributed by atoms with Gasteiger partial charge in [-0.2, -0.15) is 4.39 Å². The van der Waals surface area contributed by atoms with E-state index in [1.165, 1.54) is 6.07 Å². The summed E-state index contributed by atoms with van der Waals surface area (Å²) in [5.74, 6) is -1.58. The summed E-state index contributed by atoms with van der Waals surface area (Å²) in [5.41, 5.74) is 2.22. The van der Waals surface area contributed by atoms with Crippen LogP contribution in [0.25, 0.3) is 22.5 Å². The van der Waals surface area contributed by atoms with Crippen molar-refractivity contribution in [2.75, 3.05) is 6.54 Å². The molecule has 0 unspecified atom stereocenters. The maximum atomic E-state index is 14.1. The van der Waals surface area contributed by atoms with Crippen molar-refractivity contribution in [3.8, 4) is 11.4 Å². The molecule has 0 radical (unpaired) electrons. The van der Waals surface area contributed by atoms with Crippen LogP contribution in [0.4, 0.5) is 8.78 Å². The number of aryl methyl sites for hydroxylation is 1. The largest absolute Gasteiger partial charge is 0.437 e. The van der Waals surface area contributed by atoms with Gasteiger partial charge < -0.3 is 9.32 Å². The number of hydrogen-bond donors (Lipinski definition) is 0. The molecule has 1 saturated heterocycles. The normalized spacial score (nSPS) is 18.6. The van der Waals surface area contributed by atoms with Gasteiger partial charge in [-0.3, -0.25) is 4.79 Å². The van der Waals surface area contributed by atoms with Gasteiger partial charge in [-0.15, -0.1) is 0 Å². The Balaban J connectivity index is 1.48. The molecule has 0 spiro atoms. The van der Waals surface area contributed by atoms with Crippen LogP contribution in [0.2, 0.25) is 0 Å². The predicted molar refractivity (Wildman–Crippen MR) is 119 cm³/mol. The van der Waals surface area contributed by atoms with E-state index in [2.05, 4.69) is 15.0 Å². The number of aromatic nitrogens is 3. The molecule has 0 bridgehead atoms. The Labute approximate surface area is 189 Å². The Hall–Kier alpha value is -3.68. The first-order valence-electron chi connectivity index (χ1n) is 10.9. The average Bonchev–Trinajstić information content (AvgIpc) is 3.27. The van der Waals surface area contributed by atoms with Crippen LogP contribution in [0.3, 0.4) is 0 Å². The lowest BCUT2D eigenvalue weighted by Crippen LogP contribution is -2.45. The molecule has 1 amide bonds. The molecular weight excluding hydrogens is 426 g/mol. The summed E-state index contributed by atoms with van der Waals surface area (Å²) in [6.07, 6.45) is 4.75. The van der Waals surface area contributed by atoms with Gasteiger partial charge in [0.2, 0.25) is 11.7 Å². The zero-order chi connectivity index (χ0) is 23.1.